The van der Waals surface area contributed by atoms with Crippen LogP contribution in [-0.4, -0.2) is 40.4 Å². The summed E-state index contributed by atoms with van der Waals surface area (Å²) in [4.78, 5) is 2.27. The monoisotopic (exact) mass is 236 g/mol. The Morgan fingerprint density at radius 3 is 2.82 bits per heavy atom. The molecule has 0 aliphatic rings. The lowest BCUT2D eigenvalue weighted by molar-refractivity contribution is 0.194. The number of hydrogen-bond acceptors (Lipinski definition) is 3. The van der Waals surface area contributed by atoms with Crippen molar-refractivity contribution in [3.8, 4) is 0 Å². The standard InChI is InChI=1S/C14H24N2O/c1-13-6-4-7-14(12-13)16(2)10-9-15-8-5-11-17-3/h4,6-7,12,15H,5,8-11H2,1-3H3. The van der Waals surface area contributed by atoms with Crippen molar-refractivity contribution in [1.29, 1.82) is 0 Å². The van der Waals surface area contributed by atoms with Gasteiger partial charge < -0.3 is 15.0 Å². The summed E-state index contributed by atoms with van der Waals surface area (Å²) >= 11 is 0. The van der Waals surface area contributed by atoms with Gasteiger partial charge in [-0.3, -0.25) is 0 Å². The fourth-order valence-corrected chi connectivity index (χ4v) is 1.71. The minimum absolute atomic E-state index is 0.834. The van der Waals surface area contributed by atoms with Gasteiger partial charge in [0.1, 0.15) is 0 Å². The van der Waals surface area contributed by atoms with Gasteiger partial charge in [0.05, 0.1) is 0 Å². The molecule has 17 heavy (non-hydrogen) atoms. The van der Waals surface area contributed by atoms with Gasteiger partial charge in [-0.1, -0.05) is 12.1 Å². The smallest absolute Gasteiger partial charge is 0.0474 e. The molecular formula is C14H24N2O. The van der Waals surface area contributed by atoms with E-state index in [0.29, 0.717) is 0 Å². The van der Waals surface area contributed by atoms with E-state index in [4.69, 9.17) is 4.74 Å². The predicted molar refractivity (Wildman–Crippen MR) is 73.8 cm³/mol. The Kier molecular flexibility index (Phi) is 6.67. The van der Waals surface area contributed by atoms with E-state index in [1.54, 1.807) is 7.11 Å². The first kappa shape index (κ1) is 14.0. The molecule has 0 bridgehead atoms. The highest BCUT2D eigenvalue weighted by molar-refractivity contribution is 5.47. The Labute approximate surface area is 105 Å². The SMILES string of the molecule is COCCCNCCN(C)c1cccc(C)c1. The number of nitrogens with one attached hydrogen (secondary N) is 1. The number of hydrogen-bond donors (Lipinski definition) is 1. The largest absolute Gasteiger partial charge is 0.385 e. The fraction of sp³-hybridized carbons (Fsp3) is 0.571. The van der Waals surface area contributed by atoms with Crippen molar-refractivity contribution in [3.05, 3.63) is 29.8 Å². The van der Waals surface area contributed by atoms with Crippen molar-refractivity contribution >= 4 is 5.69 Å². The molecule has 96 valence electrons. The summed E-state index contributed by atoms with van der Waals surface area (Å²) in [5, 5.41) is 3.41. The topological polar surface area (TPSA) is 24.5 Å². The van der Waals surface area contributed by atoms with Crippen LogP contribution in [-0.2, 0) is 4.74 Å². The zero-order valence-electron chi connectivity index (χ0n) is 11.2. The highest BCUT2D eigenvalue weighted by Gasteiger charge is 1.99. The molecule has 3 nitrogen and oxygen atoms in total. The predicted octanol–water partition coefficient (Wildman–Crippen LogP) is 2.06. The van der Waals surface area contributed by atoms with E-state index in [1.807, 2.05) is 0 Å². The van der Waals surface area contributed by atoms with Gasteiger partial charge in [0.15, 0.2) is 0 Å². The number of aryl methyl sites for hydroxylation is 1. The third kappa shape index (κ3) is 5.71. The summed E-state index contributed by atoms with van der Waals surface area (Å²) in [7, 11) is 3.87. The first-order chi connectivity index (χ1) is 8.24. The number of methoxy groups -OCH3 is 1. The van der Waals surface area contributed by atoms with Crippen LogP contribution in [0.15, 0.2) is 24.3 Å². The van der Waals surface area contributed by atoms with E-state index in [-0.39, 0.29) is 0 Å². The van der Waals surface area contributed by atoms with E-state index in [1.165, 1.54) is 11.3 Å². The number of nitrogens with zero attached hydrogens (tertiary/aromatic N) is 1. The van der Waals surface area contributed by atoms with Crippen LogP contribution < -0.4 is 10.2 Å². The van der Waals surface area contributed by atoms with Crippen LogP contribution in [0.3, 0.4) is 0 Å². The van der Waals surface area contributed by atoms with Crippen molar-refractivity contribution in [1.82, 2.24) is 5.32 Å². The van der Waals surface area contributed by atoms with Gasteiger partial charge in [-0.2, -0.15) is 0 Å². The van der Waals surface area contributed by atoms with E-state index in [2.05, 4.69) is 48.5 Å². The average Bonchev–Trinajstić information content (AvgIpc) is 2.33. The zero-order valence-corrected chi connectivity index (χ0v) is 11.2. The second-order valence-corrected chi connectivity index (χ2v) is 4.36. The summed E-state index contributed by atoms with van der Waals surface area (Å²) in [5.74, 6) is 0. The second-order valence-electron chi connectivity index (χ2n) is 4.36. The molecule has 0 amide bonds. The number of likely N-dealkylation sites (N-methyl/N-ethyl adjacent to an activating group) is 1. The van der Waals surface area contributed by atoms with E-state index in [9.17, 15) is 0 Å². The molecule has 0 atom stereocenters. The molecule has 1 N–H and O–H groups in total. The lowest BCUT2D eigenvalue weighted by atomic mass is 10.2. The molecule has 0 aromatic heterocycles. The van der Waals surface area contributed by atoms with Crippen LogP contribution in [0.2, 0.25) is 0 Å². The molecule has 0 saturated carbocycles. The normalized spacial score (nSPS) is 10.5. The molecule has 0 aliphatic heterocycles. The quantitative estimate of drug-likeness (QED) is 0.699. The van der Waals surface area contributed by atoms with Gasteiger partial charge in [-0.15, -0.1) is 0 Å². The summed E-state index contributed by atoms with van der Waals surface area (Å²) in [6, 6.07) is 8.59. The fourth-order valence-electron chi connectivity index (χ4n) is 1.71. The molecule has 3 heteroatoms. The Morgan fingerprint density at radius 1 is 1.29 bits per heavy atom. The molecule has 0 spiro atoms. The van der Waals surface area contributed by atoms with Crippen molar-refractivity contribution in [3.63, 3.8) is 0 Å². The maximum atomic E-state index is 5.00. The van der Waals surface area contributed by atoms with Crippen molar-refractivity contribution < 1.29 is 4.74 Å². The van der Waals surface area contributed by atoms with Crippen LogP contribution in [0, 0.1) is 6.92 Å². The first-order valence-electron chi connectivity index (χ1n) is 6.21. The highest BCUT2D eigenvalue weighted by atomic mass is 16.5. The molecule has 0 radical (unpaired) electrons. The molecule has 1 aromatic carbocycles. The molecule has 0 aliphatic carbocycles. The Balaban J connectivity index is 2.19. The first-order valence-corrected chi connectivity index (χ1v) is 6.21. The van der Waals surface area contributed by atoms with E-state index >= 15 is 0 Å². The Morgan fingerprint density at radius 2 is 2.12 bits per heavy atom. The van der Waals surface area contributed by atoms with Crippen molar-refractivity contribution in [2.24, 2.45) is 0 Å². The van der Waals surface area contributed by atoms with Crippen molar-refractivity contribution in [2.75, 3.05) is 45.3 Å². The van der Waals surface area contributed by atoms with Crippen LogP contribution in [0.4, 0.5) is 5.69 Å². The van der Waals surface area contributed by atoms with E-state index in [0.717, 1.165) is 32.7 Å². The highest BCUT2D eigenvalue weighted by Crippen LogP contribution is 2.13. The van der Waals surface area contributed by atoms with Crippen LogP contribution in [0.1, 0.15) is 12.0 Å². The number of ether oxygens (including phenoxy) is 1. The summed E-state index contributed by atoms with van der Waals surface area (Å²) in [5.41, 5.74) is 2.59. The number of anilines is 1. The van der Waals surface area contributed by atoms with Crippen LogP contribution in [0.25, 0.3) is 0 Å². The van der Waals surface area contributed by atoms with Gasteiger partial charge in [-0.25, -0.2) is 0 Å². The molecule has 0 heterocycles. The van der Waals surface area contributed by atoms with Gasteiger partial charge >= 0.3 is 0 Å². The molecule has 1 rings (SSSR count). The Bertz CT molecular complexity index is 315. The lowest BCUT2D eigenvalue weighted by Gasteiger charge is -2.20. The second kappa shape index (κ2) is 8.09. The van der Waals surface area contributed by atoms with E-state index < -0.39 is 0 Å². The molecule has 1 aromatic rings. The summed E-state index contributed by atoms with van der Waals surface area (Å²) < 4.78 is 5.00. The summed E-state index contributed by atoms with van der Waals surface area (Å²) in [6.07, 6.45) is 1.07. The van der Waals surface area contributed by atoms with Gasteiger partial charge in [0, 0.05) is 39.5 Å². The Hall–Kier alpha value is -1.06. The van der Waals surface area contributed by atoms with Crippen molar-refractivity contribution in [2.45, 2.75) is 13.3 Å². The molecule has 0 saturated heterocycles. The van der Waals surface area contributed by atoms with Gasteiger partial charge in [0.25, 0.3) is 0 Å². The maximum Gasteiger partial charge on any atom is 0.0474 e. The molecule has 0 fully saturated rings. The van der Waals surface area contributed by atoms with Gasteiger partial charge in [0.2, 0.25) is 0 Å². The number of rotatable bonds is 8. The lowest BCUT2D eigenvalue weighted by Crippen LogP contribution is -2.30. The third-order valence-corrected chi connectivity index (χ3v) is 2.77. The van der Waals surface area contributed by atoms with Gasteiger partial charge in [-0.05, 0) is 37.6 Å². The molecular weight excluding hydrogens is 212 g/mol. The minimum atomic E-state index is 0.834. The maximum absolute atomic E-state index is 5.00. The molecule has 0 unspecified atom stereocenters. The van der Waals surface area contributed by atoms with Crippen LogP contribution in [0.5, 0.6) is 0 Å². The zero-order chi connectivity index (χ0) is 12.5. The van der Waals surface area contributed by atoms with Crippen LogP contribution >= 0.6 is 0 Å². The minimum Gasteiger partial charge on any atom is -0.385 e. The third-order valence-electron chi connectivity index (χ3n) is 2.77. The number of benzene rings is 1. The summed E-state index contributed by atoms with van der Waals surface area (Å²) in [6.45, 7) is 6.02. The average molecular weight is 236 g/mol.